The van der Waals surface area contributed by atoms with E-state index in [2.05, 4.69) is 30.4 Å². The summed E-state index contributed by atoms with van der Waals surface area (Å²) in [5.41, 5.74) is 3.68. The van der Waals surface area contributed by atoms with Crippen molar-refractivity contribution in [2.45, 2.75) is 13.0 Å². The molecule has 1 aromatic carbocycles. The van der Waals surface area contributed by atoms with Gasteiger partial charge in [-0.3, -0.25) is 0 Å². The minimum atomic E-state index is 0.116. The molecule has 0 aromatic heterocycles. The minimum absolute atomic E-state index is 0.116. The molecular formula is C14H19N3O. The third-order valence-electron chi connectivity index (χ3n) is 4.08. The summed E-state index contributed by atoms with van der Waals surface area (Å²) in [6.45, 7) is 3.86. The van der Waals surface area contributed by atoms with Gasteiger partial charge in [-0.05, 0) is 18.6 Å². The summed E-state index contributed by atoms with van der Waals surface area (Å²) in [6, 6.07) is 6.77. The Bertz CT molecular complexity index is 500. The molecule has 0 radical (unpaired) electrons. The number of aryl methyl sites for hydroxylation is 1. The average Bonchev–Trinajstić information content (AvgIpc) is 2.35. The van der Waals surface area contributed by atoms with Gasteiger partial charge in [0.1, 0.15) is 0 Å². The number of fused-ring (bicyclic) bond motifs is 3. The van der Waals surface area contributed by atoms with Crippen molar-refractivity contribution >= 4 is 11.7 Å². The van der Waals surface area contributed by atoms with Crippen molar-refractivity contribution in [2.24, 2.45) is 5.92 Å². The summed E-state index contributed by atoms with van der Waals surface area (Å²) in [5, 5.41) is 3.48. The van der Waals surface area contributed by atoms with Crippen molar-refractivity contribution in [1.29, 1.82) is 0 Å². The van der Waals surface area contributed by atoms with E-state index in [-0.39, 0.29) is 12.1 Å². The number of nitrogens with one attached hydrogen (secondary N) is 1. The van der Waals surface area contributed by atoms with E-state index in [0.717, 1.165) is 13.1 Å². The predicted molar refractivity (Wildman–Crippen MR) is 71.7 cm³/mol. The number of rotatable bonds is 0. The van der Waals surface area contributed by atoms with Crippen LogP contribution in [0.15, 0.2) is 18.2 Å². The predicted octanol–water partition coefficient (Wildman–Crippen LogP) is 2.08. The van der Waals surface area contributed by atoms with Crippen LogP contribution in [0.25, 0.3) is 0 Å². The quantitative estimate of drug-likeness (QED) is 0.759. The van der Waals surface area contributed by atoms with E-state index in [9.17, 15) is 4.79 Å². The second kappa shape index (κ2) is 3.90. The highest BCUT2D eigenvalue weighted by Crippen LogP contribution is 2.40. The lowest BCUT2D eigenvalue weighted by Gasteiger charge is -2.46. The van der Waals surface area contributed by atoms with Crippen LogP contribution in [0.1, 0.15) is 17.2 Å². The van der Waals surface area contributed by atoms with Crippen LogP contribution in [0.3, 0.4) is 0 Å². The summed E-state index contributed by atoms with van der Waals surface area (Å²) in [5.74, 6) is 0.465. The molecule has 0 spiro atoms. The molecule has 1 N–H and O–H groups in total. The normalized spacial score (nSPS) is 26.5. The molecule has 2 unspecified atom stereocenters. The van der Waals surface area contributed by atoms with Gasteiger partial charge in [0.25, 0.3) is 0 Å². The number of carbonyl (C=O) groups excluding carboxylic acids is 1. The molecule has 18 heavy (non-hydrogen) atoms. The highest BCUT2D eigenvalue weighted by atomic mass is 16.2. The van der Waals surface area contributed by atoms with Crippen LogP contribution in [-0.4, -0.2) is 43.0 Å². The van der Waals surface area contributed by atoms with Crippen molar-refractivity contribution in [3.63, 3.8) is 0 Å². The largest absolute Gasteiger partial charge is 0.384 e. The van der Waals surface area contributed by atoms with Crippen LogP contribution >= 0.6 is 0 Å². The molecule has 1 fully saturated rings. The first-order valence-corrected chi connectivity index (χ1v) is 6.40. The zero-order valence-corrected chi connectivity index (χ0v) is 11.1. The highest BCUT2D eigenvalue weighted by molar-refractivity contribution is 5.76. The Balaban J connectivity index is 2.05. The number of hydrogen-bond acceptors (Lipinski definition) is 2. The average molecular weight is 245 g/mol. The Morgan fingerprint density at radius 1 is 1.33 bits per heavy atom. The Hall–Kier alpha value is -1.71. The molecule has 3 rings (SSSR count). The molecule has 0 aliphatic carbocycles. The maximum absolute atomic E-state index is 12.1. The summed E-state index contributed by atoms with van der Waals surface area (Å²) < 4.78 is 0. The Labute approximate surface area is 108 Å². The topological polar surface area (TPSA) is 35.6 Å². The van der Waals surface area contributed by atoms with Crippen molar-refractivity contribution in [1.82, 2.24) is 9.80 Å². The standard InChI is InChI=1S/C14H19N3O/c1-9-4-5-12-11(6-9)13-10(7-15-12)8-16(2)14(18)17(13)3/h4-6,10,13,15H,7-8H2,1-3H3. The van der Waals surface area contributed by atoms with Gasteiger partial charge in [0.15, 0.2) is 0 Å². The van der Waals surface area contributed by atoms with Gasteiger partial charge in [-0.15, -0.1) is 0 Å². The molecule has 0 saturated carbocycles. The van der Waals surface area contributed by atoms with Crippen molar-refractivity contribution in [2.75, 3.05) is 32.5 Å². The molecule has 2 aliphatic heterocycles. The van der Waals surface area contributed by atoms with Gasteiger partial charge in [0.2, 0.25) is 0 Å². The summed E-state index contributed by atoms with van der Waals surface area (Å²) in [4.78, 5) is 15.8. The zero-order chi connectivity index (χ0) is 12.9. The van der Waals surface area contributed by atoms with E-state index in [1.807, 2.05) is 23.9 Å². The molecule has 96 valence electrons. The molecule has 1 saturated heterocycles. The lowest BCUT2D eigenvalue weighted by atomic mass is 9.85. The van der Waals surface area contributed by atoms with E-state index >= 15 is 0 Å². The Kier molecular flexibility index (Phi) is 2.47. The number of hydrogen-bond donors (Lipinski definition) is 1. The molecule has 1 aromatic rings. The lowest BCUT2D eigenvalue weighted by molar-refractivity contribution is 0.0890. The minimum Gasteiger partial charge on any atom is -0.384 e. The molecule has 2 aliphatic rings. The lowest BCUT2D eigenvalue weighted by Crippen LogP contribution is -2.54. The van der Waals surface area contributed by atoms with E-state index in [4.69, 9.17) is 0 Å². The second-order valence-corrected chi connectivity index (χ2v) is 5.45. The molecule has 2 amide bonds. The summed E-state index contributed by atoms with van der Waals surface area (Å²) in [7, 11) is 3.79. The summed E-state index contributed by atoms with van der Waals surface area (Å²) >= 11 is 0. The van der Waals surface area contributed by atoms with Gasteiger partial charge in [-0.1, -0.05) is 17.7 Å². The van der Waals surface area contributed by atoms with E-state index in [0.29, 0.717) is 5.92 Å². The first kappa shape index (κ1) is 11.4. The molecule has 2 atom stereocenters. The Morgan fingerprint density at radius 2 is 2.11 bits per heavy atom. The van der Waals surface area contributed by atoms with Crippen molar-refractivity contribution in [3.05, 3.63) is 29.3 Å². The molecule has 4 nitrogen and oxygen atoms in total. The van der Waals surface area contributed by atoms with Gasteiger partial charge in [-0.2, -0.15) is 0 Å². The second-order valence-electron chi connectivity index (χ2n) is 5.45. The van der Waals surface area contributed by atoms with E-state index in [1.54, 1.807) is 0 Å². The SMILES string of the molecule is Cc1ccc2c(c1)C1C(CN2)CN(C)C(=O)N1C. The van der Waals surface area contributed by atoms with E-state index < -0.39 is 0 Å². The molecule has 0 bridgehead atoms. The number of amides is 2. The fraction of sp³-hybridized carbons (Fsp3) is 0.500. The number of nitrogens with zero attached hydrogens (tertiary/aromatic N) is 2. The smallest absolute Gasteiger partial charge is 0.320 e. The maximum Gasteiger partial charge on any atom is 0.320 e. The third-order valence-corrected chi connectivity index (χ3v) is 4.08. The van der Waals surface area contributed by atoms with Crippen LogP contribution in [-0.2, 0) is 0 Å². The molecule has 4 heteroatoms. The number of carbonyl (C=O) groups is 1. The van der Waals surface area contributed by atoms with Gasteiger partial charge in [0.05, 0.1) is 6.04 Å². The first-order chi connectivity index (χ1) is 8.58. The fourth-order valence-corrected chi connectivity index (χ4v) is 3.20. The van der Waals surface area contributed by atoms with Crippen LogP contribution in [0.2, 0.25) is 0 Å². The van der Waals surface area contributed by atoms with Crippen molar-refractivity contribution < 1.29 is 4.79 Å². The van der Waals surface area contributed by atoms with Gasteiger partial charge in [-0.25, -0.2) is 4.79 Å². The highest BCUT2D eigenvalue weighted by Gasteiger charge is 2.40. The van der Waals surface area contributed by atoms with E-state index in [1.165, 1.54) is 16.8 Å². The Morgan fingerprint density at radius 3 is 2.89 bits per heavy atom. The van der Waals surface area contributed by atoms with Gasteiger partial charge in [0, 0.05) is 38.8 Å². The van der Waals surface area contributed by atoms with Crippen molar-refractivity contribution in [3.8, 4) is 0 Å². The van der Waals surface area contributed by atoms with Gasteiger partial charge >= 0.3 is 6.03 Å². The van der Waals surface area contributed by atoms with Crippen LogP contribution in [0.5, 0.6) is 0 Å². The van der Waals surface area contributed by atoms with Crippen LogP contribution < -0.4 is 5.32 Å². The number of benzene rings is 1. The molecule has 2 heterocycles. The monoisotopic (exact) mass is 245 g/mol. The first-order valence-electron chi connectivity index (χ1n) is 6.40. The van der Waals surface area contributed by atoms with Crippen LogP contribution in [0.4, 0.5) is 10.5 Å². The number of urea groups is 1. The molecular weight excluding hydrogens is 226 g/mol. The fourth-order valence-electron chi connectivity index (χ4n) is 3.20. The van der Waals surface area contributed by atoms with Gasteiger partial charge < -0.3 is 15.1 Å². The maximum atomic E-state index is 12.1. The number of anilines is 1. The third kappa shape index (κ3) is 1.55. The summed E-state index contributed by atoms with van der Waals surface area (Å²) in [6.07, 6.45) is 0. The zero-order valence-electron chi connectivity index (χ0n) is 11.1. The van der Waals surface area contributed by atoms with Crippen LogP contribution in [0, 0.1) is 12.8 Å².